The second-order valence-corrected chi connectivity index (χ2v) is 5.12. The van der Waals surface area contributed by atoms with Gasteiger partial charge in [-0.05, 0) is 18.2 Å². The Balaban J connectivity index is 1.70. The van der Waals surface area contributed by atoms with E-state index < -0.39 is 0 Å². The molecule has 0 aliphatic carbocycles. The number of nitrogens with zero attached hydrogens (tertiary/aromatic N) is 3. The maximum atomic E-state index is 4.40. The minimum Gasteiger partial charge on any atom is -0.352 e. The molecule has 6 nitrogen and oxygen atoms in total. The Labute approximate surface area is 132 Å². The summed E-state index contributed by atoms with van der Waals surface area (Å²) in [7, 11) is 0. The van der Waals surface area contributed by atoms with Gasteiger partial charge in [0.15, 0.2) is 0 Å². The lowest BCUT2D eigenvalue weighted by atomic mass is 10.1. The molecule has 1 aromatic carbocycles. The summed E-state index contributed by atoms with van der Waals surface area (Å²) in [4.78, 5) is 4.11. The summed E-state index contributed by atoms with van der Waals surface area (Å²) in [6.45, 7) is 4.06. The maximum Gasteiger partial charge on any atom is 0.120 e. The fraction of sp³-hybridized carbons (Fsp3) is 0. The quantitative estimate of drug-likeness (QED) is 0.539. The Kier molecular flexibility index (Phi) is 3.12. The van der Waals surface area contributed by atoms with E-state index in [-0.39, 0.29) is 0 Å². The monoisotopic (exact) mass is 302 g/mol. The van der Waals surface area contributed by atoms with E-state index >= 15 is 0 Å². The van der Waals surface area contributed by atoms with Crippen molar-refractivity contribution in [3.8, 4) is 11.4 Å². The van der Waals surface area contributed by atoms with Gasteiger partial charge in [0.05, 0.1) is 17.4 Å². The molecule has 0 fully saturated rings. The molecule has 0 aliphatic heterocycles. The summed E-state index contributed by atoms with van der Waals surface area (Å²) < 4.78 is 0. The van der Waals surface area contributed by atoms with Gasteiger partial charge in [0.1, 0.15) is 11.4 Å². The molecular weight excluding hydrogens is 288 g/mol. The minimum atomic E-state index is 0.751. The lowest BCUT2D eigenvalue weighted by Crippen LogP contribution is -1.98. The Morgan fingerprint density at radius 3 is 2.83 bits per heavy atom. The van der Waals surface area contributed by atoms with Crippen molar-refractivity contribution >= 4 is 22.3 Å². The molecular formula is C17H14N6. The van der Waals surface area contributed by atoms with E-state index in [1.54, 1.807) is 18.6 Å². The van der Waals surface area contributed by atoms with Crippen molar-refractivity contribution in [2.24, 2.45) is 0 Å². The molecule has 112 valence electrons. The van der Waals surface area contributed by atoms with Gasteiger partial charge < -0.3 is 5.32 Å². The summed E-state index contributed by atoms with van der Waals surface area (Å²) in [6, 6.07) is 11.8. The number of para-hydroxylation sites is 1. The smallest absolute Gasteiger partial charge is 0.120 e. The van der Waals surface area contributed by atoms with Crippen LogP contribution in [0.1, 0.15) is 5.56 Å². The number of H-pyrrole nitrogens is 2. The van der Waals surface area contributed by atoms with Crippen LogP contribution in [0.25, 0.3) is 28.0 Å². The predicted octanol–water partition coefficient (Wildman–Crippen LogP) is 3.43. The number of hydrogen-bond donors (Lipinski definition) is 3. The van der Waals surface area contributed by atoms with Crippen molar-refractivity contribution in [2.75, 3.05) is 5.32 Å². The number of nitrogens with one attached hydrogen (secondary N) is 3. The maximum absolute atomic E-state index is 4.40. The van der Waals surface area contributed by atoms with Crippen LogP contribution in [0.4, 0.5) is 5.69 Å². The van der Waals surface area contributed by atoms with Crippen molar-refractivity contribution in [3.63, 3.8) is 0 Å². The number of benzene rings is 1. The normalized spacial score (nSPS) is 10.8. The molecule has 0 amide bonds. The van der Waals surface area contributed by atoms with Gasteiger partial charge >= 0.3 is 0 Å². The fourth-order valence-corrected chi connectivity index (χ4v) is 2.49. The zero-order valence-corrected chi connectivity index (χ0v) is 12.2. The molecule has 3 aromatic heterocycles. The van der Waals surface area contributed by atoms with E-state index in [2.05, 4.69) is 37.3 Å². The summed E-state index contributed by atoms with van der Waals surface area (Å²) in [6.07, 6.45) is 5.22. The average Bonchev–Trinajstić information content (AvgIpc) is 3.22. The van der Waals surface area contributed by atoms with Crippen molar-refractivity contribution < 1.29 is 0 Å². The van der Waals surface area contributed by atoms with Crippen LogP contribution in [0.15, 0.2) is 61.6 Å². The Bertz CT molecular complexity index is 967. The van der Waals surface area contributed by atoms with Gasteiger partial charge in [-0.25, -0.2) is 0 Å². The Hall–Kier alpha value is -3.41. The van der Waals surface area contributed by atoms with Gasteiger partial charge in [-0.1, -0.05) is 24.8 Å². The first-order valence-electron chi connectivity index (χ1n) is 7.16. The van der Waals surface area contributed by atoms with Crippen molar-refractivity contribution in [2.45, 2.75) is 0 Å². The minimum absolute atomic E-state index is 0.751. The number of hydrogen-bond acceptors (Lipinski definition) is 4. The third-order valence-electron chi connectivity index (χ3n) is 3.64. The summed E-state index contributed by atoms with van der Waals surface area (Å²) >= 11 is 0. The molecule has 3 N–H and O–H groups in total. The van der Waals surface area contributed by atoms with Gasteiger partial charge in [0, 0.05) is 29.0 Å². The number of aromatic nitrogens is 5. The van der Waals surface area contributed by atoms with Gasteiger partial charge in [-0.15, -0.1) is 0 Å². The molecule has 0 bridgehead atoms. The summed E-state index contributed by atoms with van der Waals surface area (Å²) in [5.41, 5.74) is 5.10. The molecule has 0 saturated carbocycles. The average molecular weight is 302 g/mol. The highest BCUT2D eigenvalue weighted by Crippen LogP contribution is 2.31. The molecule has 3 heterocycles. The van der Waals surface area contributed by atoms with Crippen molar-refractivity contribution in [1.29, 1.82) is 0 Å². The number of fused-ring (bicyclic) bond motifs is 1. The molecule has 23 heavy (non-hydrogen) atoms. The molecule has 0 saturated heterocycles. The highest BCUT2D eigenvalue weighted by molar-refractivity contribution is 5.95. The van der Waals surface area contributed by atoms with E-state index in [9.17, 15) is 0 Å². The summed E-state index contributed by atoms with van der Waals surface area (Å²) in [5, 5.41) is 18.9. The number of pyridine rings is 1. The first-order chi connectivity index (χ1) is 11.3. The number of anilines is 1. The summed E-state index contributed by atoms with van der Waals surface area (Å²) in [5.74, 6) is 0. The lowest BCUT2D eigenvalue weighted by Gasteiger charge is -2.08. The Morgan fingerprint density at radius 1 is 1.04 bits per heavy atom. The zero-order valence-electron chi connectivity index (χ0n) is 12.2. The third kappa shape index (κ3) is 2.36. The lowest BCUT2D eigenvalue weighted by molar-refractivity contribution is 1.07. The number of rotatable bonds is 4. The first kappa shape index (κ1) is 13.3. The Morgan fingerprint density at radius 2 is 1.96 bits per heavy atom. The van der Waals surface area contributed by atoms with E-state index in [1.807, 2.05) is 36.4 Å². The second kappa shape index (κ2) is 5.42. The van der Waals surface area contributed by atoms with Crippen LogP contribution in [0.3, 0.4) is 0 Å². The van der Waals surface area contributed by atoms with Crippen LogP contribution in [-0.2, 0) is 0 Å². The number of aromatic amines is 2. The van der Waals surface area contributed by atoms with Crippen LogP contribution >= 0.6 is 0 Å². The predicted molar refractivity (Wildman–Crippen MR) is 90.6 cm³/mol. The van der Waals surface area contributed by atoms with Crippen LogP contribution in [0, 0.1) is 0 Å². The molecule has 0 aliphatic rings. The second-order valence-electron chi connectivity index (χ2n) is 5.12. The van der Waals surface area contributed by atoms with E-state index in [0.29, 0.717) is 0 Å². The van der Waals surface area contributed by atoms with Crippen molar-refractivity contribution in [1.82, 2.24) is 25.4 Å². The standard InChI is InChI=1S/C17H14N6/c1-11(12-5-4-8-18-9-12)20-15-10-19-22-17(15)16-13-6-2-3-7-14(13)21-23-16/h2-10,20H,1H2,(H,19,22)(H,21,23). The van der Waals surface area contributed by atoms with Crippen LogP contribution in [0.5, 0.6) is 0 Å². The molecule has 4 aromatic rings. The highest BCUT2D eigenvalue weighted by atomic mass is 15.2. The fourth-order valence-electron chi connectivity index (χ4n) is 2.49. The van der Waals surface area contributed by atoms with Crippen molar-refractivity contribution in [3.05, 3.63) is 67.1 Å². The van der Waals surface area contributed by atoms with E-state index in [4.69, 9.17) is 0 Å². The van der Waals surface area contributed by atoms with Gasteiger partial charge in [0.2, 0.25) is 0 Å². The van der Waals surface area contributed by atoms with Crippen LogP contribution in [-0.4, -0.2) is 25.4 Å². The third-order valence-corrected chi connectivity index (χ3v) is 3.64. The van der Waals surface area contributed by atoms with E-state index in [0.717, 1.165) is 39.2 Å². The molecule has 0 radical (unpaired) electrons. The topological polar surface area (TPSA) is 82.3 Å². The SMILES string of the molecule is C=C(Nc1cn[nH]c1-c1n[nH]c2ccccc12)c1cccnc1. The molecule has 4 rings (SSSR count). The molecule has 6 heteroatoms. The zero-order chi connectivity index (χ0) is 15.6. The van der Waals surface area contributed by atoms with Gasteiger partial charge in [0.25, 0.3) is 0 Å². The van der Waals surface area contributed by atoms with Gasteiger partial charge in [-0.3, -0.25) is 15.2 Å². The van der Waals surface area contributed by atoms with Crippen LogP contribution < -0.4 is 5.32 Å². The van der Waals surface area contributed by atoms with E-state index in [1.165, 1.54) is 0 Å². The van der Waals surface area contributed by atoms with Crippen LogP contribution in [0.2, 0.25) is 0 Å². The largest absolute Gasteiger partial charge is 0.352 e. The van der Waals surface area contributed by atoms with Gasteiger partial charge in [-0.2, -0.15) is 10.2 Å². The highest BCUT2D eigenvalue weighted by Gasteiger charge is 2.14. The molecule has 0 unspecified atom stereocenters. The molecule has 0 atom stereocenters. The first-order valence-corrected chi connectivity index (χ1v) is 7.16. The molecule has 0 spiro atoms.